The first-order chi connectivity index (χ1) is 11.2. The lowest BCUT2D eigenvalue weighted by molar-refractivity contribution is -0.362. The van der Waals surface area contributed by atoms with Crippen LogP contribution in [0.4, 0.5) is 0 Å². The van der Waals surface area contributed by atoms with Crippen LogP contribution in [0.5, 0.6) is 0 Å². The number of rotatable bonds is 5. The van der Waals surface area contributed by atoms with E-state index in [1.54, 1.807) is 6.08 Å². The topological polar surface area (TPSA) is 66.4 Å². The van der Waals surface area contributed by atoms with Crippen LogP contribution in [0.15, 0.2) is 43.0 Å². The minimum Gasteiger partial charge on any atom is -0.385 e. The zero-order chi connectivity index (χ0) is 16.2. The Hall–Kier alpha value is -1.28. The summed E-state index contributed by atoms with van der Waals surface area (Å²) >= 11 is 0. The van der Waals surface area contributed by atoms with Crippen LogP contribution in [0.2, 0.25) is 0 Å². The molecule has 1 aromatic carbocycles. The second-order valence-electron chi connectivity index (χ2n) is 5.53. The maximum atomic E-state index is 10.4. The van der Waals surface area contributed by atoms with Crippen LogP contribution in [0.1, 0.15) is 11.9 Å². The van der Waals surface area contributed by atoms with Crippen molar-refractivity contribution >= 4 is 0 Å². The summed E-state index contributed by atoms with van der Waals surface area (Å²) < 4.78 is 28.4. The monoisotopic (exact) mass is 322 g/mol. The third-order valence-corrected chi connectivity index (χ3v) is 4.02. The van der Waals surface area contributed by atoms with Gasteiger partial charge in [0, 0.05) is 12.7 Å². The van der Waals surface area contributed by atoms with Crippen molar-refractivity contribution in [3.05, 3.63) is 48.6 Å². The SMILES string of the molecule is C=CCO[C@@H]1[C@H](O)[C@H](OC)O[C@H]2CO[C@H](c3ccccc3)O[C@H]12. The van der Waals surface area contributed by atoms with Crippen LogP contribution in [-0.2, 0) is 23.7 Å². The maximum absolute atomic E-state index is 10.4. The van der Waals surface area contributed by atoms with E-state index in [1.165, 1.54) is 7.11 Å². The Morgan fingerprint density at radius 1 is 1.30 bits per heavy atom. The number of aliphatic hydroxyl groups excluding tert-OH is 1. The van der Waals surface area contributed by atoms with E-state index < -0.39 is 30.9 Å². The minimum absolute atomic E-state index is 0.307. The van der Waals surface area contributed by atoms with Gasteiger partial charge < -0.3 is 28.8 Å². The van der Waals surface area contributed by atoms with Crippen molar-refractivity contribution in [3.8, 4) is 0 Å². The lowest BCUT2D eigenvalue weighted by Gasteiger charge is -2.47. The molecular formula is C17H22O6. The smallest absolute Gasteiger partial charge is 0.186 e. The number of fused-ring (bicyclic) bond motifs is 1. The zero-order valence-electron chi connectivity index (χ0n) is 13.0. The molecule has 1 aromatic rings. The van der Waals surface area contributed by atoms with Crippen LogP contribution in [-0.4, -0.2) is 56.1 Å². The molecule has 2 aliphatic heterocycles. The molecule has 0 aromatic heterocycles. The fraction of sp³-hybridized carbons (Fsp3) is 0.529. The van der Waals surface area contributed by atoms with Gasteiger partial charge >= 0.3 is 0 Å². The summed E-state index contributed by atoms with van der Waals surface area (Å²) in [7, 11) is 1.48. The number of benzene rings is 1. The molecular weight excluding hydrogens is 300 g/mol. The Morgan fingerprint density at radius 3 is 2.78 bits per heavy atom. The van der Waals surface area contributed by atoms with Crippen molar-refractivity contribution in [2.24, 2.45) is 0 Å². The molecule has 2 heterocycles. The van der Waals surface area contributed by atoms with Crippen molar-refractivity contribution in [1.29, 1.82) is 0 Å². The third-order valence-electron chi connectivity index (χ3n) is 4.02. The van der Waals surface area contributed by atoms with E-state index in [2.05, 4.69) is 6.58 Å². The summed E-state index contributed by atoms with van der Waals surface area (Å²) in [5.74, 6) is 0. The minimum atomic E-state index is -0.948. The molecule has 0 spiro atoms. The first kappa shape index (κ1) is 16.6. The number of ether oxygens (including phenoxy) is 5. The standard InChI is InChI=1S/C17H22O6/c1-3-9-20-15-13(18)17(19-2)22-12-10-21-16(23-14(12)15)11-7-5-4-6-8-11/h3-8,12-18H,1,9-10H2,2H3/t12-,13-,14-,15+,16-,17+/m0/s1. The van der Waals surface area contributed by atoms with Gasteiger partial charge in [0.05, 0.1) is 13.2 Å². The second kappa shape index (κ2) is 7.53. The highest BCUT2D eigenvalue weighted by atomic mass is 16.8. The van der Waals surface area contributed by atoms with Gasteiger partial charge in [0.25, 0.3) is 0 Å². The summed E-state index contributed by atoms with van der Waals surface area (Å²) in [5, 5.41) is 10.4. The highest BCUT2D eigenvalue weighted by Gasteiger charge is 2.50. The van der Waals surface area contributed by atoms with E-state index in [4.69, 9.17) is 23.7 Å². The molecule has 0 saturated carbocycles. The number of hydrogen-bond acceptors (Lipinski definition) is 6. The quantitative estimate of drug-likeness (QED) is 0.827. The van der Waals surface area contributed by atoms with E-state index in [0.29, 0.717) is 13.2 Å². The largest absolute Gasteiger partial charge is 0.385 e. The van der Waals surface area contributed by atoms with E-state index >= 15 is 0 Å². The average Bonchev–Trinajstić information content (AvgIpc) is 2.61. The van der Waals surface area contributed by atoms with Gasteiger partial charge in [-0.1, -0.05) is 36.4 Å². The Labute approximate surface area is 135 Å². The summed E-state index contributed by atoms with van der Waals surface area (Å²) in [6.07, 6.45) is -1.99. The van der Waals surface area contributed by atoms with Crippen molar-refractivity contribution < 1.29 is 28.8 Å². The Bertz CT molecular complexity index is 507. The Balaban J connectivity index is 1.77. The van der Waals surface area contributed by atoms with Crippen LogP contribution in [0, 0.1) is 0 Å². The third kappa shape index (κ3) is 3.47. The fourth-order valence-corrected chi connectivity index (χ4v) is 2.91. The van der Waals surface area contributed by atoms with E-state index in [1.807, 2.05) is 30.3 Å². The normalized spacial score (nSPS) is 37.1. The lowest BCUT2D eigenvalue weighted by atomic mass is 9.97. The molecule has 0 bridgehead atoms. The van der Waals surface area contributed by atoms with Crippen LogP contribution in [0.3, 0.4) is 0 Å². The zero-order valence-corrected chi connectivity index (χ0v) is 13.0. The van der Waals surface area contributed by atoms with E-state index in [9.17, 15) is 5.11 Å². The molecule has 126 valence electrons. The molecule has 6 atom stereocenters. The van der Waals surface area contributed by atoms with Crippen molar-refractivity contribution in [2.45, 2.75) is 37.0 Å². The molecule has 2 saturated heterocycles. The first-order valence-corrected chi connectivity index (χ1v) is 7.65. The predicted octanol–water partition coefficient (Wildman–Crippen LogP) is 1.40. The van der Waals surface area contributed by atoms with Gasteiger partial charge in [0.15, 0.2) is 12.6 Å². The van der Waals surface area contributed by atoms with Gasteiger partial charge in [-0.05, 0) is 0 Å². The maximum Gasteiger partial charge on any atom is 0.186 e. The molecule has 0 amide bonds. The molecule has 6 heteroatoms. The molecule has 1 N–H and O–H groups in total. The highest BCUT2D eigenvalue weighted by Crippen LogP contribution is 2.35. The Kier molecular flexibility index (Phi) is 5.42. The first-order valence-electron chi connectivity index (χ1n) is 7.65. The van der Waals surface area contributed by atoms with Crippen LogP contribution >= 0.6 is 0 Å². The Morgan fingerprint density at radius 2 is 2.09 bits per heavy atom. The molecule has 6 nitrogen and oxygen atoms in total. The number of methoxy groups -OCH3 is 1. The molecule has 2 aliphatic rings. The van der Waals surface area contributed by atoms with Gasteiger partial charge in [-0.3, -0.25) is 0 Å². The molecule has 0 unspecified atom stereocenters. The van der Waals surface area contributed by atoms with Gasteiger partial charge in [-0.15, -0.1) is 6.58 Å². The van der Waals surface area contributed by atoms with Crippen LogP contribution in [0.25, 0.3) is 0 Å². The summed E-state index contributed by atoms with van der Waals surface area (Å²) in [5.41, 5.74) is 0.914. The number of hydrogen-bond donors (Lipinski definition) is 1. The summed E-state index contributed by atoms with van der Waals surface area (Å²) in [6.45, 7) is 4.29. The highest BCUT2D eigenvalue weighted by molar-refractivity contribution is 5.16. The van der Waals surface area contributed by atoms with Gasteiger partial charge in [-0.25, -0.2) is 0 Å². The van der Waals surface area contributed by atoms with Crippen LogP contribution < -0.4 is 0 Å². The molecule has 0 radical (unpaired) electrons. The van der Waals surface area contributed by atoms with Gasteiger partial charge in [-0.2, -0.15) is 0 Å². The molecule has 2 fully saturated rings. The number of aliphatic hydroxyl groups is 1. The van der Waals surface area contributed by atoms with Gasteiger partial charge in [0.2, 0.25) is 0 Å². The fourth-order valence-electron chi connectivity index (χ4n) is 2.91. The predicted molar refractivity (Wildman–Crippen MR) is 81.6 cm³/mol. The van der Waals surface area contributed by atoms with Crippen molar-refractivity contribution in [3.63, 3.8) is 0 Å². The van der Waals surface area contributed by atoms with E-state index in [-0.39, 0.29) is 6.10 Å². The summed E-state index contributed by atoms with van der Waals surface area (Å²) in [4.78, 5) is 0. The molecule has 0 aliphatic carbocycles. The lowest BCUT2D eigenvalue weighted by Crippen LogP contribution is -2.62. The summed E-state index contributed by atoms with van der Waals surface area (Å²) in [6, 6.07) is 9.65. The average molecular weight is 322 g/mol. The molecule has 23 heavy (non-hydrogen) atoms. The van der Waals surface area contributed by atoms with E-state index in [0.717, 1.165) is 5.56 Å². The van der Waals surface area contributed by atoms with Gasteiger partial charge in [0.1, 0.15) is 24.4 Å². The second-order valence-corrected chi connectivity index (χ2v) is 5.53. The van der Waals surface area contributed by atoms with Crippen molar-refractivity contribution in [2.75, 3.05) is 20.3 Å². The molecule has 3 rings (SSSR count). The van der Waals surface area contributed by atoms with Crippen molar-refractivity contribution in [1.82, 2.24) is 0 Å².